The van der Waals surface area contributed by atoms with Crippen LogP contribution in [0.4, 0.5) is 35.1 Å². The second kappa shape index (κ2) is 14.6. The molecule has 0 N–H and O–H groups in total. The summed E-state index contributed by atoms with van der Waals surface area (Å²) in [4.78, 5) is 0. The predicted octanol–water partition coefficient (Wildman–Crippen LogP) is 11.0. The van der Waals surface area contributed by atoms with Crippen LogP contribution in [0, 0.1) is 35.0 Å². The van der Waals surface area contributed by atoms with E-state index in [9.17, 15) is 30.7 Å². The van der Waals surface area contributed by atoms with Gasteiger partial charge in [-0.25, -0.2) is 26.3 Å². The van der Waals surface area contributed by atoms with Gasteiger partial charge >= 0.3 is 6.11 Å². The van der Waals surface area contributed by atoms with Crippen LogP contribution in [0.5, 0.6) is 11.5 Å². The number of alkyl halides is 3. The Kier molecular flexibility index (Phi) is 10.5. The lowest BCUT2D eigenvalue weighted by Gasteiger charge is -2.29. The maximum atomic E-state index is 15.2. The molecule has 47 heavy (non-hydrogen) atoms. The standard InChI is InChI=1S/C36H30F8O3/c1-2-4-21-5-12-33(46-20-21)23-8-6-22(7-9-23)24-10-11-27(28(38)15-24)25-16-29(39)34(30(40)17-25)36(43,44)47-26-18-31(41)35(32(42)19-26)45-14-3-13-37/h3,6-11,14-19,21,33H,2,4-5,12-13,20H2,1H3/b14-3+. The van der Waals surface area contributed by atoms with Gasteiger partial charge in [0.15, 0.2) is 17.4 Å². The number of ether oxygens (including phenoxy) is 3. The molecule has 2 atom stereocenters. The summed E-state index contributed by atoms with van der Waals surface area (Å²) in [6.07, 6.45) is 0.943. The quantitative estimate of drug-likeness (QED) is 0.118. The van der Waals surface area contributed by atoms with Gasteiger partial charge in [0.05, 0.1) is 19.0 Å². The largest absolute Gasteiger partial charge is 0.459 e. The molecule has 1 aliphatic rings. The fraction of sp³-hybridized carbons (Fsp3) is 0.278. The summed E-state index contributed by atoms with van der Waals surface area (Å²) in [7, 11) is 0. The van der Waals surface area contributed by atoms with E-state index in [2.05, 4.69) is 16.4 Å². The minimum atomic E-state index is -4.74. The van der Waals surface area contributed by atoms with E-state index in [-0.39, 0.29) is 17.2 Å². The van der Waals surface area contributed by atoms with Gasteiger partial charge in [0, 0.05) is 17.7 Å². The molecule has 0 aromatic heterocycles. The third kappa shape index (κ3) is 7.78. The van der Waals surface area contributed by atoms with Crippen LogP contribution in [0.1, 0.15) is 49.8 Å². The summed E-state index contributed by atoms with van der Waals surface area (Å²) in [6, 6.07) is 13.1. The molecule has 4 aromatic carbocycles. The van der Waals surface area contributed by atoms with Crippen molar-refractivity contribution in [3.63, 3.8) is 0 Å². The molecule has 2 unspecified atom stereocenters. The summed E-state index contributed by atoms with van der Waals surface area (Å²) in [5.41, 5.74) is -0.290. The first-order valence-electron chi connectivity index (χ1n) is 15.0. The molecule has 1 aliphatic heterocycles. The minimum Gasteiger partial charge on any atom is -0.459 e. The van der Waals surface area contributed by atoms with E-state index >= 15 is 4.39 Å². The van der Waals surface area contributed by atoms with Gasteiger partial charge < -0.3 is 14.2 Å². The SMILES string of the molecule is CCCC1CCC(c2ccc(-c3ccc(-c4cc(F)c(C(F)(F)Oc5cc(F)c(O/C=C/CF)c(F)c5)c(F)c4)c(F)c3)cc2)OC1. The van der Waals surface area contributed by atoms with Crippen molar-refractivity contribution in [1.82, 2.24) is 0 Å². The first kappa shape index (κ1) is 34.0. The Morgan fingerprint density at radius 3 is 2.00 bits per heavy atom. The number of rotatable bonds is 11. The van der Waals surface area contributed by atoms with Gasteiger partial charge in [0.1, 0.15) is 35.4 Å². The van der Waals surface area contributed by atoms with Gasteiger partial charge in [-0.3, -0.25) is 0 Å². The molecule has 4 aromatic rings. The Balaban J connectivity index is 1.32. The van der Waals surface area contributed by atoms with Crippen LogP contribution in [-0.2, 0) is 10.8 Å². The van der Waals surface area contributed by atoms with Gasteiger partial charge in [-0.1, -0.05) is 49.7 Å². The third-order valence-corrected chi connectivity index (χ3v) is 7.89. The predicted molar refractivity (Wildman–Crippen MR) is 160 cm³/mol. The first-order valence-corrected chi connectivity index (χ1v) is 15.0. The van der Waals surface area contributed by atoms with Crippen molar-refractivity contribution < 1.29 is 49.3 Å². The van der Waals surface area contributed by atoms with E-state index in [4.69, 9.17) is 4.74 Å². The van der Waals surface area contributed by atoms with Crippen LogP contribution < -0.4 is 9.47 Å². The summed E-state index contributed by atoms with van der Waals surface area (Å²) in [5.74, 6) is -9.00. The van der Waals surface area contributed by atoms with Gasteiger partial charge in [0.25, 0.3) is 0 Å². The van der Waals surface area contributed by atoms with Crippen LogP contribution >= 0.6 is 0 Å². The topological polar surface area (TPSA) is 27.7 Å². The maximum Gasteiger partial charge on any atom is 0.432 e. The second-order valence-corrected chi connectivity index (χ2v) is 11.2. The Morgan fingerprint density at radius 1 is 0.787 bits per heavy atom. The molecule has 0 aliphatic carbocycles. The maximum absolute atomic E-state index is 15.2. The molecule has 1 heterocycles. The molecular weight excluding hydrogens is 632 g/mol. The molecule has 5 rings (SSSR count). The Bertz CT molecular complexity index is 1690. The molecule has 0 radical (unpaired) electrons. The Hall–Kier alpha value is -4.38. The van der Waals surface area contributed by atoms with Gasteiger partial charge in [-0.05, 0) is 71.7 Å². The second-order valence-electron chi connectivity index (χ2n) is 11.2. The summed E-state index contributed by atoms with van der Waals surface area (Å²) < 4.78 is 130. The number of allylic oxidation sites excluding steroid dienone is 1. The van der Waals surface area contributed by atoms with Crippen LogP contribution in [0.3, 0.4) is 0 Å². The van der Waals surface area contributed by atoms with Crippen molar-refractivity contribution in [2.24, 2.45) is 5.92 Å². The zero-order chi connectivity index (χ0) is 33.7. The normalized spacial score (nSPS) is 16.9. The summed E-state index contributed by atoms with van der Waals surface area (Å²) in [6.45, 7) is 1.88. The molecule has 1 fully saturated rings. The van der Waals surface area contributed by atoms with Crippen LogP contribution in [0.15, 0.2) is 79.1 Å². The van der Waals surface area contributed by atoms with Gasteiger partial charge in [0.2, 0.25) is 0 Å². The van der Waals surface area contributed by atoms with Crippen molar-refractivity contribution in [2.75, 3.05) is 13.3 Å². The monoisotopic (exact) mass is 662 g/mol. The van der Waals surface area contributed by atoms with E-state index in [0.717, 1.165) is 37.3 Å². The average Bonchev–Trinajstić information content (AvgIpc) is 3.02. The molecule has 248 valence electrons. The first-order chi connectivity index (χ1) is 22.5. The molecule has 11 heteroatoms. The van der Waals surface area contributed by atoms with Crippen LogP contribution in [0.2, 0.25) is 0 Å². The highest BCUT2D eigenvalue weighted by molar-refractivity contribution is 5.71. The molecule has 0 spiro atoms. The summed E-state index contributed by atoms with van der Waals surface area (Å²) >= 11 is 0. The lowest BCUT2D eigenvalue weighted by molar-refractivity contribution is -0.189. The van der Waals surface area contributed by atoms with Crippen molar-refractivity contribution in [3.8, 4) is 33.8 Å². The fourth-order valence-electron chi connectivity index (χ4n) is 5.59. The zero-order valence-electron chi connectivity index (χ0n) is 25.2. The van der Waals surface area contributed by atoms with E-state index in [1.165, 1.54) is 18.2 Å². The van der Waals surface area contributed by atoms with E-state index in [1.54, 1.807) is 0 Å². The molecule has 1 saturated heterocycles. The molecule has 0 bridgehead atoms. The number of halogens is 8. The molecule has 3 nitrogen and oxygen atoms in total. The van der Waals surface area contributed by atoms with E-state index < -0.39 is 58.9 Å². The van der Waals surface area contributed by atoms with Crippen molar-refractivity contribution in [3.05, 3.63) is 119 Å². The Labute approximate surface area is 266 Å². The third-order valence-electron chi connectivity index (χ3n) is 7.89. The highest BCUT2D eigenvalue weighted by atomic mass is 19.3. The Morgan fingerprint density at radius 2 is 1.43 bits per heavy atom. The lowest BCUT2D eigenvalue weighted by Crippen LogP contribution is -2.25. The number of hydrogen-bond donors (Lipinski definition) is 0. The zero-order valence-corrected chi connectivity index (χ0v) is 25.2. The van der Waals surface area contributed by atoms with E-state index in [0.29, 0.717) is 54.2 Å². The summed E-state index contributed by atoms with van der Waals surface area (Å²) in [5, 5.41) is 0. The van der Waals surface area contributed by atoms with E-state index in [1.807, 2.05) is 24.3 Å². The van der Waals surface area contributed by atoms with Crippen molar-refractivity contribution in [1.29, 1.82) is 0 Å². The lowest BCUT2D eigenvalue weighted by atomic mass is 9.91. The van der Waals surface area contributed by atoms with Gasteiger partial charge in [-0.15, -0.1) is 0 Å². The minimum absolute atomic E-state index is 0.0129. The van der Waals surface area contributed by atoms with Crippen molar-refractivity contribution >= 4 is 0 Å². The fourth-order valence-corrected chi connectivity index (χ4v) is 5.59. The molecule has 0 amide bonds. The van der Waals surface area contributed by atoms with Gasteiger partial charge in [-0.2, -0.15) is 8.78 Å². The average molecular weight is 663 g/mol. The molecule has 0 saturated carbocycles. The van der Waals surface area contributed by atoms with Crippen LogP contribution in [-0.4, -0.2) is 13.3 Å². The van der Waals surface area contributed by atoms with Crippen molar-refractivity contribution in [2.45, 2.75) is 44.8 Å². The number of benzene rings is 4. The highest BCUT2D eigenvalue weighted by Gasteiger charge is 2.41. The smallest absolute Gasteiger partial charge is 0.432 e. The van der Waals surface area contributed by atoms with Crippen LogP contribution in [0.25, 0.3) is 22.3 Å². The molecular formula is C36H30F8O3. The highest BCUT2D eigenvalue weighted by Crippen LogP contribution is 2.40. The number of hydrogen-bond acceptors (Lipinski definition) is 3.